The number of carboxylic acids is 2. The Balaban J connectivity index is 4.17. The highest BCUT2D eigenvalue weighted by molar-refractivity contribution is 7.89. The molecule has 0 rings (SSSR count). The van der Waals surface area contributed by atoms with Crippen LogP contribution in [-0.2, 0) is 19.6 Å². The number of urea groups is 1. The van der Waals surface area contributed by atoms with Crippen LogP contribution in [0.15, 0.2) is 0 Å². The van der Waals surface area contributed by atoms with E-state index in [1.807, 2.05) is 0 Å². The Labute approximate surface area is 122 Å². The van der Waals surface area contributed by atoms with E-state index in [9.17, 15) is 22.8 Å². The summed E-state index contributed by atoms with van der Waals surface area (Å²) in [6.45, 7) is -0.184. The molecule has 0 aromatic rings. The predicted molar refractivity (Wildman–Crippen MR) is 72.3 cm³/mol. The summed E-state index contributed by atoms with van der Waals surface area (Å²) in [7, 11) is -2.22. The maximum atomic E-state index is 11.4. The van der Waals surface area contributed by atoms with E-state index < -0.39 is 34.0 Å². The van der Waals surface area contributed by atoms with Crippen LogP contribution in [0.25, 0.3) is 0 Å². The number of aliphatic carboxylic acids is 2. The van der Waals surface area contributed by atoms with Gasteiger partial charge in [-0.15, -0.1) is 0 Å². The molecular weight excluding hydrogens is 306 g/mol. The van der Waals surface area contributed by atoms with Gasteiger partial charge < -0.3 is 20.8 Å². The van der Waals surface area contributed by atoms with E-state index in [-0.39, 0.29) is 31.6 Å². The summed E-state index contributed by atoms with van der Waals surface area (Å²) in [5.41, 5.74) is 0. The first kappa shape index (κ1) is 19.1. The van der Waals surface area contributed by atoms with Crippen molar-refractivity contribution in [3.05, 3.63) is 0 Å². The van der Waals surface area contributed by atoms with Crippen LogP contribution < -0.4 is 15.4 Å². The minimum Gasteiger partial charge on any atom is -0.481 e. The molecule has 0 aliphatic rings. The van der Waals surface area contributed by atoms with Crippen molar-refractivity contribution in [3.8, 4) is 0 Å². The molecule has 0 aliphatic carbocycles. The Hall–Kier alpha value is -1.88. The monoisotopic (exact) mass is 325 g/mol. The molecule has 10 nitrogen and oxygen atoms in total. The van der Waals surface area contributed by atoms with Crippen molar-refractivity contribution in [2.45, 2.75) is 25.3 Å². The molecule has 2 amide bonds. The van der Waals surface area contributed by atoms with Gasteiger partial charge in [0.1, 0.15) is 6.04 Å². The van der Waals surface area contributed by atoms with Gasteiger partial charge in [-0.05, 0) is 19.9 Å². The third-order valence-electron chi connectivity index (χ3n) is 2.45. The van der Waals surface area contributed by atoms with Crippen LogP contribution in [-0.4, -0.2) is 62.0 Å². The quantitative estimate of drug-likeness (QED) is 0.328. The van der Waals surface area contributed by atoms with Crippen LogP contribution in [0.3, 0.4) is 0 Å². The van der Waals surface area contributed by atoms with Gasteiger partial charge >= 0.3 is 18.0 Å². The molecule has 0 saturated heterocycles. The van der Waals surface area contributed by atoms with Crippen molar-refractivity contribution in [1.29, 1.82) is 0 Å². The van der Waals surface area contributed by atoms with Gasteiger partial charge in [0, 0.05) is 13.0 Å². The maximum Gasteiger partial charge on any atom is 0.326 e. The molecule has 0 unspecified atom stereocenters. The number of carbonyl (C=O) groups excluding carboxylic acids is 1. The van der Waals surface area contributed by atoms with Gasteiger partial charge in [-0.25, -0.2) is 22.7 Å². The summed E-state index contributed by atoms with van der Waals surface area (Å²) in [5.74, 6) is -2.69. The Bertz CT molecular complexity index is 477. The van der Waals surface area contributed by atoms with Gasteiger partial charge in [-0.3, -0.25) is 4.79 Å². The van der Waals surface area contributed by atoms with Gasteiger partial charge in [0.05, 0.1) is 5.75 Å². The Morgan fingerprint density at radius 2 is 1.81 bits per heavy atom. The summed E-state index contributed by atoms with van der Waals surface area (Å²) in [6, 6.07) is -2.06. The zero-order chi connectivity index (χ0) is 16.5. The van der Waals surface area contributed by atoms with Crippen molar-refractivity contribution >= 4 is 28.0 Å². The van der Waals surface area contributed by atoms with E-state index in [2.05, 4.69) is 15.4 Å². The molecule has 0 radical (unpaired) electrons. The second-order valence-corrected chi connectivity index (χ2v) is 6.15. The smallest absolute Gasteiger partial charge is 0.326 e. The molecular formula is C10H19N3O7S. The zero-order valence-electron chi connectivity index (χ0n) is 11.5. The fourth-order valence-corrected chi connectivity index (χ4v) is 1.90. The van der Waals surface area contributed by atoms with Crippen LogP contribution in [0.1, 0.15) is 19.3 Å². The molecule has 0 heterocycles. The highest BCUT2D eigenvalue weighted by Crippen LogP contribution is 2.01. The van der Waals surface area contributed by atoms with E-state index in [1.54, 1.807) is 0 Å². The first-order valence-electron chi connectivity index (χ1n) is 6.08. The van der Waals surface area contributed by atoms with Crippen LogP contribution in [0.4, 0.5) is 4.79 Å². The third kappa shape index (κ3) is 9.62. The molecule has 122 valence electrons. The van der Waals surface area contributed by atoms with Gasteiger partial charge in [-0.1, -0.05) is 0 Å². The van der Waals surface area contributed by atoms with Crippen molar-refractivity contribution < 1.29 is 33.0 Å². The lowest BCUT2D eigenvalue weighted by atomic mass is 10.1. The van der Waals surface area contributed by atoms with Crippen LogP contribution in [0, 0.1) is 0 Å². The minimum atomic E-state index is -3.46. The molecule has 21 heavy (non-hydrogen) atoms. The van der Waals surface area contributed by atoms with E-state index >= 15 is 0 Å². The van der Waals surface area contributed by atoms with Crippen molar-refractivity contribution in [3.63, 3.8) is 0 Å². The first-order valence-corrected chi connectivity index (χ1v) is 7.73. The molecule has 0 fully saturated rings. The molecule has 0 spiro atoms. The SMILES string of the molecule is CNS(=O)(=O)CCNC(=O)N[C@H](CCCC(=O)O)C(=O)O. The minimum absolute atomic E-state index is 0.0378. The highest BCUT2D eigenvalue weighted by atomic mass is 32.2. The molecule has 1 atom stereocenters. The van der Waals surface area contributed by atoms with Crippen molar-refractivity contribution in [1.82, 2.24) is 15.4 Å². The number of rotatable bonds is 10. The van der Waals surface area contributed by atoms with Gasteiger partial charge in [-0.2, -0.15) is 0 Å². The second-order valence-electron chi connectivity index (χ2n) is 4.10. The largest absolute Gasteiger partial charge is 0.481 e. The lowest BCUT2D eigenvalue weighted by molar-refractivity contribution is -0.140. The Morgan fingerprint density at radius 3 is 2.29 bits per heavy atom. The maximum absolute atomic E-state index is 11.4. The Kier molecular flexibility index (Phi) is 8.31. The van der Waals surface area contributed by atoms with Crippen LogP contribution in [0.2, 0.25) is 0 Å². The van der Waals surface area contributed by atoms with Crippen LogP contribution >= 0.6 is 0 Å². The standard InChI is InChI=1S/C10H19N3O7S/c1-11-21(19,20)6-5-12-10(18)13-7(9(16)17)3-2-4-8(14)15/h7,11H,2-6H2,1H3,(H,14,15)(H,16,17)(H2,12,13,18)/t7-/m1/s1. The Morgan fingerprint density at radius 1 is 1.19 bits per heavy atom. The number of nitrogens with one attached hydrogen (secondary N) is 3. The lowest BCUT2D eigenvalue weighted by Gasteiger charge is -2.14. The molecule has 0 bridgehead atoms. The average Bonchev–Trinajstić information content (AvgIpc) is 2.36. The number of sulfonamides is 1. The first-order chi connectivity index (χ1) is 9.68. The van der Waals surface area contributed by atoms with Crippen molar-refractivity contribution in [2.75, 3.05) is 19.3 Å². The number of hydrogen-bond acceptors (Lipinski definition) is 5. The van der Waals surface area contributed by atoms with Crippen molar-refractivity contribution in [2.24, 2.45) is 0 Å². The van der Waals surface area contributed by atoms with Gasteiger partial charge in [0.2, 0.25) is 10.0 Å². The van der Waals surface area contributed by atoms with E-state index in [1.165, 1.54) is 7.05 Å². The summed E-state index contributed by atoms with van der Waals surface area (Å²) < 4.78 is 24.2. The summed E-state index contributed by atoms with van der Waals surface area (Å²) in [4.78, 5) is 32.6. The molecule has 5 N–H and O–H groups in total. The van der Waals surface area contributed by atoms with Gasteiger partial charge in [0.15, 0.2) is 0 Å². The zero-order valence-corrected chi connectivity index (χ0v) is 12.3. The summed E-state index contributed by atoms with van der Waals surface area (Å²) in [6.07, 6.45) is -0.141. The normalized spacial score (nSPS) is 12.4. The number of carboxylic acid groups (broad SMARTS) is 2. The fourth-order valence-electron chi connectivity index (χ4n) is 1.33. The lowest BCUT2D eigenvalue weighted by Crippen LogP contribution is -2.47. The molecule has 0 aromatic heterocycles. The molecule has 0 aromatic carbocycles. The molecule has 0 aliphatic heterocycles. The highest BCUT2D eigenvalue weighted by Gasteiger charge is 2.20. The van der Waals surface area contributed by atoms with E-state index in [4.69, 9.17) is 10.2 Å². The molecule has 11 heteroatoms. The molecule has 0 saturated carbocycles. The summed E-state index contributed by atoms with van der Waals surface area (Å²) >= 11 is 0. The number of carbonyl (C=O) groups is 3. The van der Waals surface area contributed by atoms with E-state index in [0.717, 1.165) is 0 Å². The topological polar surface area (TPSA) is 162 Å². The predicted octanol–water partition coefficient (Wildman–Crippen LogP) is -1.46. The van der Waals surface area contributed by atoms with E-state index in [0.29, 0.717) is 0 Å². The second kappa shape index (κ2) is 9.13. The van der Waals surface area contributed by atoms with Crippen LogP contribution in [0.5, 0.6) is 0 Å². The average molecular weight is 325 g/mol. The summed E-state index contributed by atoms with van der Waals surface area (Å²) in [5, 5.41) is 21.7. The number of amides is 2. The number of hydrogen-bond donors (Lipinski definition) is 5. The van der Waals surface area contributed by atoms with Gasteiger partial charge in [0.25, 0.3) is 0 Å². The third-order valence-corrected chi connectivity index (χ3v) is 3.82. The fraction of sp³-hybridized carbons (Fsp3) is 0.700.